The summed E-state index contributed by atoms with van der Waals surface area (Å²) in [7, 11) is 0. The van der Waals surface area contributed by atoms with Crippen molar-refractivity contribution >= 4 is 23.6 Å². The summed E-state index contributed by atoms with van der Waals surface area (Å²) in [5.74, 6) is -1.85. The van der Waals surface area contributed by atoms with Gasteiger partial charge >= 0.3 is 0 Å². The van der Waals surface area contributed by atoms with Gasteiger partial charge in [0.2, 0.25) is 11.8 Å². The van der Waals surface area contributed by atoms with Crippen LogP contribution in [0.1, 0.15) is 52.5 Å². The summed E-state index contributed by atoms with van der Waals surface area (Å²) in [6.45, 7) is 5.48. The number of carbonyl (C=O) groups is 4. The Hall–Kier alpha value is -2.58. The highest BCUT2D eigenvalue weighted by Gasteiger charge is 2.45. The molecule has 2 fully saturated rings. The summed E-state index contributed by atoms with van der Waals surface area (Å²) in [4.78, 5) is 53.0. The molecule has 28 heavy (non-hydrogen) atoms. The number of imide groups is 2. The average molecular weight is 384 g/mol. The van der Waals surface area contributed by atoms with Crippen molar-refractivity contribution in [1.82, 2.24) is 20.4 Å². The minimum Gasteiger partial charge on any atom is -0.315 e. The van der Waals surface area contributed by atoms with Crippen LogP contribution in [0.2, 0.25) is 0 Å². The topological polar surface area (TPSA) is 98.8 Å². The van der Waals surface area contributed by atoms with Gasteiger partial charge in [-0.25, -0.2) is 0 Å². The number of hydrogen-bond acceptors (Lipinski definition) is 6. The van der Waals surface area contributed by atoms with E-state index in [1.165, 1.54) is 0 Å². The molecule has 0 radical (unpaired) electrons. The fraction of sp³-hybridized carbons (Fsp3) is 0.500. The molecule has 0 saturated carbocycles. The number of nitrogens with one attached hydrogen (secondary N) is 2. The summed E-state index contributed by atoms with van der Waals surface area (Å²) in [5.41, 5.74) is 1.54. The first kappa shape index (κ1) is 18.8. The molecule has 1 aromatic carbocycles. The summed E-state index contributed by atoms with van der Waals surface area (Å²) in [6, 6.07) is 4.69. The molecule has 3 aliphatic heterocycles. The van der Waals surface area contributed by atoms with Gasteiger partial charge in [-0.15, -0.1) is 0 Å². The van der Waals surface area contributed by atoms with Crippen molar-refractivity contribution < 1.29 is 19.2 Å². The van der Waals surface area contributed by atoms with Crippen molar-refractivity contribution in [1.29, 1.82) is 0 Å². The largest absolute Gasteiger partial charge is 0.315 e. The van der Waals surface area contributed by atoms with Gasteiger partial charge in [0.1, 0.15) is 6.04 Å². The first-order valence-corrected chi connectivity index (χ1v) is 9.75. The summed E-state index contributed by atoms with van der Waals surface area (Å²) >= 11 is 0. The van der Waals surface area contributed by atoms with Crippen molar-refractivity contribution in [3.63, 3.8) is 0 Å². The van der Waals surface area contributed by atoms with Gasteiger partial charge in [-0.1, -0.05) is 12.1 Å². The lowest BCUT2D eigenvalue weighted by molar-refractivity contribution is -0.136. The van der Waals surface area contributed by atoms with Crippen molar-refractivity contribution in [2.45, 2.75) is 44.8 Å². The third-order valence-electron chi connectivity index (χ3n) is 5.79. The van der Waals surface area contributed by atoms with E-state index in [-0.39, 0.29) is 18.7 Å². The Labute approximate surface area is 163 Å². The van der Waals surface area contributed by atoms with Gasteiger partial charge in [0.25, 0.3) is 11.8 Å². The predicted molar refractivity (Wildman–Crippen MR) is 100 cm³/mol. The lowest BCUT2D eigenvalue weighted by Crippen LogP contribution is -2.54. The first-order valence-electron chi connectivity index (χ1n) is 9.75. The van der Waals surface area contributed by atoms with E-state index in [9.17, 15) is 19.2 Å². The van der Waals surface area contributed by atoms with E-state index >= 15 is 0 Å². The van der Waals surface area contributed by atoms with Crippen LogP contribution in [0, 0.1) is 0 Å². The van der Waals surface area contributed by atoms with Gasteiger partial charge in [-0.2, -0.15) is 0 Å². The normalized spacial score (nSPS) is 26.2. The Kier molecular flexibility index (Phi) is 4.99. The highest BCUT2D eigenvalue weighted by Crippen LogP contribution is 2.30. The molecule has 3 aliphatic rings. The molecule has 0 aromatic heterocycles. The number of nitrogens with zero attached hydrogens (tertiary/aromatic N) is 2. The zero-order chi connectivity index (χ0) is 19.8. The van der Waals surface area contributed by atoms with Crippen molar-refractivity contribution in [2.24, 2.45) is 0 Å². The molecule has 8 nitrogen and oxygen atoms in total. The minimum atomic E-state index is -0.931. The van der Waals surface area contributed by atoms with Crippen LogP contribution in [0.5, 0.6) is 0 Å². The van der Waals surface area contributed by atoms with Gasteiger partial charge in [0.15, 0.2) is 0 Å². The number of amides is 4. The highest BCUT2D eigenvalue weighted by molar-refractivity contribution is 6.24. The number of fused-ring (bicyclic) bond motifs is 1. The maximum atomic E-state index is 13.2. The van der Waals surface area contributed by atoms with Gasteiger partial charge in [0, 0.05) is 32.1 Å². The Morgan fingerprint density at radius 1 is 1.14 bits per heavy atom. The van der Waals surface area contributed by atoms with E-state index in [0.717, 1.165) is 36.5 Å². The predicted octanol–water partition coefficient (Wildman–Crippen LogP) is 0.272. The standard InChI is InChI=1S/C20H24N4O4/c1-12-10-21-8-3-9-23(12)11-13-4-2-5-14-17(13)20(28)24(19(14)27)15-6-7-16(25)22-18(15)26/h2,4-5,12,15,21H,3,6-11H2,1H3,(H,22,25,26)/t12-,15?/m1/s1. The van der Waals surface area contributed by atoms with Crippen LogP contribution in [0.25, 0.3) is 0 Å². The van der Waals surface area contributed by atoms with Crippen LogP contribution in [0.3, 0.4) is 0 Å². The molecule has 2 atom stereocenters. The molecule has 0 bridgehead atoms. The Balaban J connectivity index is 1.62. The second kappa shape index (κ2) is 7.44. The van der Waals surface area contributed by atoms with Crippen LogP contribution < -0.4 is 10.6 Å². The lowest BCUT2D eigenvalue weighted by Gasteiger charge is -2.28. The second-order valence-corrected chi connectivity index (χ2v) is 7.66. The van der Waals surface area contributed by atoms with Gasteiger partial charge in [-0.05, 0) is 37.9 Å². The fourth-order valence-electron chi connectivity index (χ4n) is 4.24. The van der Waals surface area contributed by atoms with E-state index in [1.807, 2.05) is 6.07 Å². The molecule has 1 aromatic rings. The van der Waals surface area contributed by atoms with Crippen molar-refractivity contribution in [3.05, 3.63) is 34.9 Å². The smallest absolute Gasteiger partial charge is 0.262 e. The van der Waals surface area contributed by atoms with Crippen LogP contribution in [0.4, 0.5) is 0 Å². The Morgan fingerprint density at radius 2 is 1.96 bits per heavy atom. The molecule has 0 aliphatic carbocycles. The summed E-state index contributed by atoms with van der Waals surface area (Å²) in [6.07, 6.45) is 1.31. The molecule has 4 amide bonds. The van der Waals surface area contributed by atoms with E-state index in [2.05, 4.69) is 22.5 Å². The van der Waals surface area contributed by atoms with Crippen molar-refractivity contribution in [2.75, 3.05) is 19.6 Å². The van der Waals surface area contributed by atoms with Gasteiger partial charge in [-0.3, -0.25) is 34.3 Å². The second-order valence-electron chi connectivity index (χ2n) is 7.66. The van der Waals surface area contributed by atoms with Gasteiger partial charge < -0.3 is 5.32 Å². The quantitative estimate of drug-likeness (QED) is 0.726. The molecule has 4 rings (SSSR count). The molecule has 8 heteroatoms. The minimum absolute atomic E-state index is 0.120. The van der Waals surface area contributed by atoms with E-state index in [4.69, 9.17) is 0 Å². The maximum Gasteiger partial charge on any atom is 0.262 e. The number of piperidine rings is 1. The maximum absolute atomic E-state index is 13.2. The molecule has 2 saturated heterocycles. The SMILES string of the molecule is C[C@@H]1CNCCCN1Cc1cccc2c1C(=O)N(C1CCC(=O)NC1=O)C2=O. The molecule has 2 N–H and O–H groups in total. The third kappa shape index (κ3) is 3.22. The number of benzene rings is 1. The number of hydrogen-bond donors (Lipinski definition) is 2. The molecular weight excluding hydrogens is 360 g/mol. The molecule has 148 valence electrons. The Bertz CT molecular complexity index is 853. The molecule has 0 spiro atoms. The third-order valence-corrected chi connectivity index (χ3v) is 5.79. The molecule has 1 unspecified atom stereocenters. The van der Waals surface area contributed by atoms with E-state index in [0.29, 0.717) is 23.7 Å². The fourth-order valence-corrected chi connectivity index (χ4v) is 4.24. The van der Waals surface area contributed by atoms with Crippen LogP contribution in [0.15, 0.2) is 18.2 Å². The summed E-state index contributed by atoms with van der Waals surface area (Å²) in [5, 5.41) is 5.62. The monoisotopic (exact) mass is 384 g/mol. The molecular formula is C20H24N4O4. The average Bonchev–Trinajstić information content (AvgIpc) is 2.79. The first-order chi connectivity index (χ1) is 13.5. The number of rotatable bonds is 3. The zero-order valence-corrected chi connectivity index (χ0v) is 15.9. The van der Waals surface area contributed by atoms with Crippen LogP contribution >= 0.6 is 0 Å². The van der Waals surface area contributed by atoms with Gasteiger partial charge in [0.05, 0.1) is 11.1 Å². The van der Waals surface area contributed by atoms with Crippen LogP contribution in [-0.4, -0.2) is 65.1 Å². The highest BCUT2D eigenvalue weighted by atomic mass is 16.2. The Morgan fingerprint density at radius 3 is 2.75 bits per heavy atom. The zero-order valence-electron chi connectivity index (χ0n) is 15.9. The van der Waals surface area contributed by atoms with Crippen LogP contribution in [-0.2, 0) is 16.1 Å². The number of carbonyl (C=O) groups excluding carboxylic acids is 4. The van der Waals surface area contributed by atoms with E-state index < -0.39 is 23.8 Å². The van der Waals surface area contributed by atoms with Crippen molar-refractivity contribution in [3.8, 4) is 0 Å². The van der Waals surface area contributed by atoms with E-state index in [1.54, 1.807) is 12.1 Å². The molecule has 3 heterocycles. The summed E-state index contributed by atoms with van der Waals surface area (Å²) < 4.78 is 0. The lowest BCUT2D eigenvalue weighted by atomic mass is 10.0.